The van der Waals surface area contributed by atoms with Gasteiger partial charge in [0, 0.05) is 6.07 Å². The lowest BCUT2D eigenvalue weighted by atomic mass is 10.1. The summed E-state index contributed by atoms with van der Waals surface area (Å²) in [5.74, 6) is 1.11. The number of rotatable bonds is 12. The average Bonchev–Trinajstić information content (AvgIpc) is 2.73. The van der Waals surface area contributed by atoms with E-state index in [1.165, 1.54) is 18.3 Å². The van der Waals surface area contributed by atoms with Gasteiger partial charge in [-0.2, -0.15) is 0 Å². The molecule has 5 nitrogen and oxygen atoms in total. The quantitative estimate of drug-likeness (QED) is 0.217. The summed E-state index contributed by atoms with van der Waals surface area (Å²) in [5.41, 5.74) is 2.45. The summed E-state index contributed by atoms with van der Waals surface area (Å²) < 4.78 is 22.4. The summed E-state index contributed by atoms with van der Waals surface area (Å²) in [7, 11) is 1.44. The molecule has 0 N–H and O–H groups in total. The second-order valence-corrected chi connectivity index (χ2v) is 7.61. The number of methoxy groups -OCH3 is 1. The van der Waals surface area contributed by atoms with Crippen molar-refractivity contribution in [3.05, 3.63) is 64.1 Å². The zero-order chi connectivity index (χ0) is 22.6. The summed E-state index contributed by atoms with van der Waals surface area (Å²) in [6, 6.07) is 5.39. The van der Waals surface area contributed by atoms with Crippen molar-refractivity contribution in [2.24, 2.45) is 0 Å². The second kappa shape index (κ2) is 12.7. The van der Waals surface area contributed by atoms with Gasteiger partial charge in [0.1, 0.15) is 17.9 Å². The first-order valence-corrected chi connectivity index (χ1v) is 10.8. The van der Waals surface area contributed by atoms with Crippen LogP contribution in [0, 0.1) is 0 Å². The molecule has 2 aromatic rings. The molecule has 0 aliphatic rings. The second-order valence-electron chi connectivity index (χ2n) is 7.61. The maximum Gasteiger partial charge on any atom is 0.383 e. The molecule has 0 unspecified atom stereocenters. The zero-order valence-corrected chi connectivity index (χ0v) is 19.3. The van der Waals surface area contributed by atoms with Crippen molar-refractivity contribution in [2.75, 3.05) is 20.3 Å². The van der Waals surface area contributed by atoms with Crippen LogP contribution in [0.1, 0.15) is 53.4 Å². The van der Waals surface area contributed by atoms with Gasteiger partial charge < -0.3 is 18.6 Å². The molecule has 0 saturated heterocycles. The van der Waals surface area contributed by atoms with Crippen LogP contribution >= 0.6 is 0 Å². The SMILES string of the molecule is CCC=CCCOc1c(OC)c(=O)oc2cc(OCC=C(C)CCC=C(C)C)ccc12. The molecule has 1 heterocycles. The molecule has 5 heteroatoms. The van der Waals surface area contributed by atoms with Crippen molar-refractivity contribution < 1.29 is 18.6 Å². The van der Waals surface area contributed by atoms with Gasteiger partial charge in [-0.1, -0.05) is 36.3 Å². The number of fused-ring (bicyclic) bond motifs is 1. The fourth-order valence-electron chi connectivity index (χ4n) is 3.03. The monoisotopic (exact) mass is 426 g/mol. The predicted octanol–water partition coefficient (Wildman–Crippen LogP) is 6.61. The first kappa shape index (κ1) is 24.3. The number of ether oxygens (including phenoxy) is 3. The molecule has 0 fully saturated rings. The topological polar surface area (TPSA) is 57.9 Å². The average molecular weight is 427 g/mol. The fraction of sp³-hybridized carbons (Fsp3) is 0.423. The van der Waals surface area contributed by atoms with Gasteiger partial charge in [-0.25, -0.2) is 4.79 Å². The summed E-state index contributed by atoms with van der Waals surface area (Å²) in [4.78, 5) is 12.3. The third-order valence-corrected chi connectivity index (χ3v) is 4.70. The number of allylic oxidation sites excluding steroid dienone is 4. The van der Waals surface area contributed by atoms with Crippen LogP contribution in [0.4, 0.5) is 0 Å². The van der Waals surface area contributed by atoms with E-state index in [1.807, 2.05) is 12.1 Å². The summed E-state index contributed by atoms with van der Waals surface area (Å²) in [5, 5.41) is 0.678. The Labute approximate surface area is 185 Å². The van der Waals surface area contributed by atoms with Crippen LogP contribution in [0.15, 0.2) is 62.9 Å². The van der Waals surface area contributed by atoms with Crippen molar-refractivity contribution >= 4 is 11.0 Å². The predicted molar refractivity (Wildman–Crippen MR) is 126 cm³/mol. The van der Waals surface area contributed by atoms with Crippen molar-refractivity contribution in [3.63, 3.8) is 0 Å². The molecule has 0 aliphatic heterocycles. The van der Waals surface area contributed by atoms with Gasteiger partial charge in [0.15, 0.2) is 5.75 Å². The Kier molecular flexibility index (Phi) is 9.95. The molecule has 1 aromatic carbocycles. The van der Waals surface area contributed by atoms with Gasteiger partial charge in [-0.3, -0.25) is 0 Å². The van der Waals surface area contributed by atoms with Gasteiger partial charge >= 0.3 is 5.63 Å². The van der Waals surface area contributed by atoms with E-state index >= 15 is 0 Å². The van der Waals surface area contributed by atoms with Crippen molar-refractivity contribution in [3.8, 4) is 17.2 Å². The van der Waals surface area contributed by atoms with E-state index in [-0.39, 0.29) is 5.75 Å². The zero-order valence-electron chi connectivity index (χ0n) is 19.3. The lowest BCUT2D eigenvalue weighted by molar-refractivity contribution is 0.293. The minimum Gasteiger partial charge on any atom is -0.489 e. The molecule has 0 saturated carbocycles. The van der Waals surface area contributed by atoms with Crippen molar-refractivity contribution in [1.29, 1.82) is 0 Å². The third-order valence-electron chi connectivity index (χ3n) is 4.70. The van der Waals surface area contributed by atoms with E-state index < -0.39 is 5.63 Å². The summed E-state index contributed by atoms with van der Waals surface area (Å²) >= 11 is 0. The van der Waals surface area contributed by atoms with Gasteiger partial charge in [-0.15, -0.1) is 0 Å². The molecule has 1 aromatic heterocycles. The van der Waals surface area contributed by atoms with Crippen molar-refractivity contribution in [1.82, 2.24) is 0 Å². The molecule has 168 valence electrons. The highest BCUT2D eigenvalue weighted by atomic mass is 16.5. The van der Waals surface area contributed by atoms with E-state index in [9.17, 15) is 4.79 Å². The smallest absolute Gasteiger partial charge is 0.383 e. The molecular weight excluding hydrogens is 392 g/mol. The Morgan fingerprint density at radius 3 is 2.55 bits per heavy atom. The largest absolute Gasteiger partial charge is 0.489 e. The molecule has 31 heavy (non-hydrogen) atoms. The number of hydrogen-bond donors (Lipinski definition) is 0. The number of benzene rings is 1. The molecule has 0 amide bonds. The lowest BCUT2D eigenvalue weighted by Crippen LogP contribution is -2.08. The van der Waals surface area contributed by atoms with Crippen LogP contribution in [-0.2, 0) is 0 Å². The van der Waals surface area contributed by atoms with Gasteiger partial charge in [0.2, 0.25) is 5.75 Å². The highest BCUT2D eigenvalue weighted by Gasteiger charge is 2.17. The minimum atomic E-state index is -0.568. The van der Waals surface area contributed by atoms with Crippen molar-refractivity contribution in [2.45, 2.75) is 53.4 Å². The summed E-state index contributed by atoms with van der Waals surface area (Å²) in [6.45, 7) is 9.30. The van der Waals surface area contributed by atoms with E-state index in [0.29, 0.717) is 35.7 Å². The maximum absolute atomic E-state index is 12.3. The molecule has 0 radical (unpaired) electrons. The fourth-order valence-corrected chi connectivity index (χ4v) is 3.03. The van der Waals surface area contributed by atoms with Crippen LogP contribution in [0.2, 0.25) is 0 Å². The molecule has 0 aliphatic carbocycles. The Morgan fingerprint density at radius 1 is 1.03 bits per heavy atom. The van der Waals surface area contributed by atoms with Gasteiger partial charge in [-0.05, 0) is 64.7 Å². The Balaban J connectivity index is 2.13. The van der Waals surface area contributed by atoms with Gasteiger partial charge in [0.25, 0.3) is 0 Å². The molecule has 0 atom stereocenters. The Bertz CT molecular complexity index is 991. The highest BCUT2D eigenvalue weighted by molar-refractivity contribution is 5.86. The van der Waals surface area contributed by atoms with E-state index in [4.69, 9.17) is 18.6 Å². The Morgan fingerprint density at radius 2 is 1.84 bits per heavy atom. The maximum atomic E-state index is 12.3. The molecule has 0 bridgehead atoms. The molecular formula is C26H34O5. The Hall–Kier alpha value is -2.95. The highest BCUT2D eigenvalue weighted by Crippen LogP contribution is 2.34. The summed E-state index contributed by atoms with van der Waals surface area (Å²) in [6.07, 6.45) is 12.2. The lowest BCUT2D eigenvalue weighted by Gasteiger charge is -2.12. The van der Waals surface area contributed by atoms with E-state index in [2.05, 4.69) is 52.0 Å². The first-order valence-electron chi connectivity index (χ1n) is 10.8. The normalized spacial score (nSPS) is 11.7. The van der Waals surface area contributed by atoms with E-state index in [1.54, 1.807) is 6.07 Å². The third kappa shape index (κ3) is 7.67. The first-order chi connectivity index (χ1) is 15.0. The van der Waals surface area contributed by atoms with Crippen LogP contribution in [0.25, 0.3) is 11.0 Å². The van der Waals surface area contributed by atoms with Gasteiger partial charge in [0.05, 0.1) is 19.1 Å². The molecule has 2 rings (SSSR count). The number of hydrogen-bond acceptors (Lipinski definition) is 5. The van der Waals surface area contributed by atoms with E-state index in [0.717, 1.165) is 25.7 Å². The standard InChI is InChI=1S/C26H34O5/c1-6-7-8-9-16-30-24-22-14-13-21(18-23(22)31-26(27)25(24)28-5)29-17-15-20(4)12-10-11-19(2)3/h7-8,11,13-15,18H,6,9-10,12,16-17H2,1-5H3. The van der Waals surface area contributed by atoms with Crippen LogP contribution < -0.4 is 19.8 Å². The van der Waals surface area contributed by atoms with Crippen LogP contribution in [0.3, 0.4) is 0 Å². The van der Waals surface area contributed by atoms with Crippen LogP contribution in [-0.4, -0.2) is 20.3 Å². The minimum absolute atomic E-state index is 0.0792. The molecule has 0 spiro atoms. The van der Waals surface area contributed by atoms with Crippen LogP contribution in [0.5, 0.6) is 17.2 Å².